The van der Waals surface area contributed by atoms with Crippen LogP contribution in [-0.2, 0) is 10.0 Å². The van der Waals surface area contributed by atoms with E-state index in [4.69, 9.17) is 9.56 Å². The van der Waals surface area contributed by atoms with Crippen LogP contribution in [0.1, 0.15) is 50.7 Å². The van der Waals surface area contributed by atoms with Crippen LogP contribution < -0.4 is 10.5 Å². The fourth-order valence-electron chi connectivity index (χ4n) is 4.61. The standard InChI is InChI=1S/C25H30N4O5S/c1-16-10-13-34-24(16)25(31)27-19-8-11-28(12-9-19)15-23(30)22-14-17(2)29(18(22)3)20-4-6-21(7-5-20)35(26,32)33/h4-7,10,13-14,19H,8-9,11-12,15H2,1-3H3,(H,27,31)(H2,26,32,33). The lowest BCUT2D eigenvalue weighted by Crippen LogP contribution is -2.46. The van der Waals surface area contributed by atoms with Crippen molar-refractivity contribution in [1.29, 1.82) is 0 Å². The molecular formula is C25H30N4O5S. The molecule has 0 atom stereocenters. The summed E-state index contributed by atoms with van der Waals surface area (Å²) in [4.78, 5) is 27.7. The van der Waals surface area contributed by atoms with Crippen LogP contribution >= 0.6 is 0 Å². The number of aromatic nitrogens is 1. The third-order valence-electron chi connectivity index (χ3n) is 6.51. The van der Waals surface area contributed by atoms with Gasteiger partial charge in [-0.05, 0) is 70.0 Å². The highest BCUT2D eigenvalue weighted by Gasteiger charge is 2.25. The highest BCUT2D eigenvalue weighted by Crippen LogP contribution is 2.23. The molecule has 3 N–H and O–H groups in total. The van der Waals surface area contributed by atoms with Crippen molar-refractivity contribution in [3.05, 3.63) is 70.9 Å². The van der Waals surface area contributed by atoms with E-state index in [0.29, 0.717) is 31.0 Å². The van der Waals surface area contributed by atoms with E-state index in [1.807, 2.05) is 31.4 Å². The molecule has 10 heteroatoms. The Hall–Kier alpha value is -3.21. The summed E-state index contributed by atoms with van der Waals surface area (Å²) >= 11 is 0. The summed E-state index contributed by atoms with van der Waals surface area (Å²) in [5.41, 5.74) is 3.88. The van der Waals surface area contributed by atoms with Gasteiger partial charge in [0, 0.05) is 47.3 Å². The van der Waals surface area contributed by atoms with E-state index in [-0.39, 0.29) is 22.6 Å². The number of hydrogen-bond acceptors (Lipinski definition) is 6. The molecule has 1 aromatic carbocycles. The Labute approximate surface area is 205 Å². The quantitative estimate of drug-likeness (QED) is 0.482. The van der Waals surface area contributed by atoms with Gasteiger partial charge in [0.2, 0.25) is 10.0 Å². The number of primary sulfonamides is 1. The predicted molar refractivity (Wildman–Crippen MR) is 131 cm³/mol. The van der Waals surface area contributed by atoms with Crippen LogP contribution in [-0.4, -0.2) is 55.3 Å². The van der Waals surface area contributed by atoms with Crippen molar-refractivity contribution >= 4 is 21.7 Å². The van der Waals surface area contributed by atoms with Crippen molar-refractivity contribution < 1.29 is 22.4 Å². The fraction of sp³-hybridized carbons (Fsp3) is 0.360. The Morgan fingerprint density at radius 1 is 1.09 bits per heavy atom. The molecule has 1 aliphatic heterocycles. The molecule has 0 aliphatic carbocycles. The summed E-state index contributed by atoms with van der Waals surface area (Å²) in [7, 11) is -3.77. The Bertz CT molecular complexity index is 1350. The molecule has 1 saturated heterocycles. The normalized spacial score (nSPS) is 15.3. The first-order valence-electron chi connectivity index (χ1n) is 11.5. The summed E-state index contributed by atoms with van der Waals surface area (Å²) < 4.78 is 30.3. The van der Waals surface area contributed by atoms with Gasteiger partial charge in [-0.2, -0.15) is 0 Å². The van der Waals surface area contributed by atoms with Gasteiger partial charge in [-0.15, -0.1) is 0 Å². The van der Waals surface area contributed by atoms with Gasteiger partial charge >= 0.3 is 0 Å². The van der Waals surface area contributed by atoms with Crippen molar-refractivity contribution in [1.82, 2.24) is 14.8 Å². The molecule has 0 spiro atoms. The van der Waals surface area contributed by atoms with Gasteiger partial charge in [-0.3, -0.25) is 14.5 Å². The summed E-state index contributed by atoms with van der Waals surface area (Å²) in [6.07, 6.45) is 3.03. The highest BCUT2D eigenvalue weighted by atomic mass is 32.2. The average Bonchev–Trinajstić information content (AvgIpc) is 3.37. The van der Waals surface area contributed by atoms with Crippen LogP contribution in [0.5, 0.6) is 0 Å². The van der Waals surface area contributed by atoms with E-state index >= 15 is 0 Å². The molecule has 3 aromatic rings. The first-order chi connectivity index (χ1) is 16.5. The number of nitrogens with zero attached hydrogens (tertiary/aromatic N) is 2. The molecule has 2 aromatic heterocycles. The summed E-state index contributed by atoms with van der Waals surface area (Å²) in [6.45, 7) is 7.34. The third-order valence-corrected chi connectivity index (χ3v) is 7.44. The molecule has 0 bridgehead atoms. The molecule has 4 rings (SSSR count). The number of likely N-dealkylation sites (tertiary alicyclic amines) is 1. The average molecular weight is 499 g/mol. The molecule has 186 valence electrons. The summed E-state index contributed by atoms with van der Waals surface area (Å²) in [5, 5.41) is 8.22. The molecule has 0 unspecified atom stereocenters. The lowest BCUT2D eigenvalue weighted by molar-refractivity contribution is 0.0843. The molecule has 9 nitrogen and oxygen atoms in total. The summed E-state index contributed by atoms with van der Waals surface area (Å²) in [5.74, 6) is 0.169. The second kappa shape index (κ2) is 9.80. The monoisotopic (exact) mass is 498 g/mol. The van der Waals surface area contributed by atoms with Crippen molar-refractivity contribution in [2.45, 2.75) is 44.6 Å². The Morgan fingerprint density at radius 2 is 1.74 bits per heavy atom. The maximum absolute atomic E-state index is 13.1. The number of carbonyl (C=O) groups excluding carboxylic acids is 2. The molecule has 1 aliphatic rings. The van der Waals surface area contributed by atoms with E-state index in [0.717, 1.165) is 35.5 Å². The van der Waals surface area contributed by atoms with Crippen molar-refractivity contribution in [3.8, 4) is 5.69 Å². The van der Waals surface area contributed by atoms with Crippen LogP contribution in [0.2, 0.25) is 0 Å². The zero-order valence-corrected chi connectivity index (χ0v) is 20.9. The Morgan fingerprint density at radius 3 is 2.31 bits per heavy atom. The van der Waals surface area contributed by atoms with E-state index in [1.54, 1.807) is 18.2 Å². The third kappa shape index (κ3) is 5.39. The van der Waals surface area contributed by atoms with Gasteiger partial charge in [0.05, 0.1) is 17.7 Å². The molecule has 35 heavy (non-hydrogen) atoms. The van der Waals surface area contributed by atoms with Gasteiger partial charge < -0.3 is 14.3 Å². The van der Waals surface area contributed by atoms with Crippen LogP contribution in [0.15, 0.2) is 52.0 Å². The smallest absolute Gasteiger partial charge is 0.287 e. The van der Waals surface area contributed by atoms with E-state index < -0.39 is 10.0 Å². The molecule has 1 amide bonds. The number of nitrogens with one attached hydrogen (secondary N) is 1. The molecule has 0 radical (unpaired) electrons. The predicted octanol–water partition coefficient (Wildman–Crippen LogP) is 2.72. The van der Waals surface area contributed by atoms with Gasteiger partial charge in [0.15, 0.2) is 11.5 Å². The van der Waals surface area contributed by atoms with Crippen LogP contribution in [0.25, 0.3) is 5.69 Å². The number of rotatable bonds is 7. The van der Waals surface area contributed by atoms with E-state index in [9.17, 15) is 18.0 Å². The number of carbonyl (C=O) groups is 2. The second-order valence-corrected chi connectivity index (χ2v) is 10.6. The minimum Gasteiger partial charge on any atom is -0.459 e. The maximum atomic E-state index is 13.1. The fourth-order valence-corrected chi connectivity index (χ4v) is 5.12. The van der Waals surface area contributed by atoms with Crippen LogP contribution in [0.3, 0.4) is 0 Å². The number of hydrogen-bond donors (Lipinski definition) is 2. The number of furan rings is 1. The topological polar surface area (TPSA) is 128 Å². The zero-order valence-electron chi connectivity index (χ0n) is 20.1. The first kappa shape index (κ1) is 24.9. The molecule has 0 saturated carbocycles. The number of sulfonamides is 1. The van der Waals surface area contributed by atoms with Crippen molar-refractivity contribution in [3.63, 3.8) is 0 Å². The highest BCUT2D eigenvalue weighted by molar-refractivity contribution is 7.89. The molecular weight excluding hydrogens is 468 g/mol. The number of aryl methyl sites for hydroxylation is 2. The summed E-state index contributed by atoms with van der Waals surface area (Å²) in [6, 6.07) is 9.95. The second-order valence-electron chi connectivity index (χ2n) is 9.04. The SMILES string of the molecule is Cc1ccoc1C(=O)NC1CCN(CC(=O)c2cc(C)n(-c3ccc(S(N)(=O)=O)cc3)c2C)CC1. The minimum absolute atomic E-state index is 0.0270. The largest absolute Gasteiger partial charge is 0.459 e. The van der Waals surface area contributed by atoms with Crippen molar-refractivity contribution in [2.75, 3.05) is 19.6 Å². The lowest BCUT2D eigenvalue weighted by Gasteiger charge is -2.31. The van der Waals surface area contributed by atoms with Crippen molar-refractivity contribution in [2.24, 2.45) is 5.14 Å². The first-order valence-corrected chi connectivity index (χ1v) is 13.0. The van der Waals surface area contributed by atoms with Crippen LogP contribution in [0, 0.1) is 20.8 Å². The Balaban J connectivity index is 1.38. The minimum atomic E-state index is -3.77. The Kier molecular flexibility index (Phi) is 6.98. The number of amides is 1. The lowest BCUT2D eigenvalue weighted by atomic mass is 10.0. The number of ketones is 1. The van der Waals surface area contributed by atoms with Crippen LogP contribution in [0.4, 0.5) is 0 Å². The number of piperidine rings is 1. The zero-order chi connectivity index (χ0) is 25.3. The number of nitrogens with two attached hydrogens (primary N) is 1. The van der Waals surface area contributed by atoms with Gasteiger partial charge in [0.1, 0.15) is 0 Å². The molecule has 1 fully saturated rings. The number of benzene rings is 1. The van der Waals surface area contributed by atoms with Gasteiger partial charge in [-0.25, -0.2) is 13.6 Å². The number of Topliss-reactive ketones (excluding diaryl/α,β-unsaturated/α-hetero) is 1. The molecule has 3 heterocycles. The van der Waals surface area contributed by atoms with Gasteiger partial charge in [0.25, 0.3) is 5.91 Å². The van der Waals surface area contributed by atoms with Gasteiger partial charge in [-0.1, -0.05) is 0 Å². The maximum Gasteiger partial charge on any atom is 0.287 e. The van der Waals surface area contributed by atoms with E-state index in [2.05, 4.69) is 10.2 Å². The van der Waals surface area contributed by atoms with E-state index in [1.165, 1.54) is 18.4 Å².